The highest BCUT2D eigenvalue weighted by Gasteiger charge is 2.16. The number of rotatable bonds is 3. The summed E-state index contributed by atoms with van der Waals surface area (Å²) in [5, 5.41) is 0.0245. The molecule has 1 unspecified atom stereocenters. The molecule has 0 aliphatic heterocycles. The van der Waals surface area contributed by atoms with Crippen LogP contribution in [0.5, 0.6) is 0 Å². The quantitative estimate of drug-likeness (QED) is 0.596. The summed E-state index contributed by atoms with van der Waals surface area (Å²) >= 11 is 8.91. The summed E-state index contributed by atoms with van der Waals surface area (Å²) in [5.41, 5.74) is 1.39. The van der Waals surface area contributed by atoms with Crippen molar-refractivity contribution in [2.75, 3.05) is 0 Å². The van der Waals surface area contributed by atoms with Gasteiger partial charge in [-0.3, -0.25) is 0 Å². The van der Waals surface area contributed by atoms with Gasteiger partial charge in [0.25, 0.3) is 0 Å². The third-order valence-electron chi connectivity index (χ3n) is 2.66. The molecule has 1 atom stereocenters. The van der Waals surface area contributed by atoms with Gasteiger partial charge < -0.3 is 4.79 Å². The Balaban J connectivity index is 2.49. The maximum Gasteiger partial charge on any atom is 0.143 e. The predicted molar refractivity (Wildman–Crippen MR) is 73.5 cm³/mol. The van der Waals surface area contributed by atoms with E-state index in [2.05, 4.69) is 15.9 Å². The van der Waals surface area contributed by atoms with E-state index >= 15 is 0 Å². The van der Waals surface area contributed by atoms with E-state index in [-0.39, 0.29) is 5.02 Å². The van der Waals surface area contributed by atoms with Crippen molar-refractivity contribution >= 4 is 33.8 Å². The lowest BCUT2D eigenvalue weighted by Gasteiger charge is -2.12. The molecule has 0 saturated heterocycles. The Kier molecular flexibility index (Phi) is 4.15. The summed E-state index contributed by atoms with van der Waals surface area (Å²) in [6.07, 6.45) is 0.796. The van der Waals surface area contributed by atoms with Crippen LogP contribution in [-0.2, 0) is 4.79 Å². The van der Waals surface area contributed by atoms with Gasteiger partial charge in [0, 0.05) is 4.47 Å². The third-order valence-corrected chi connectivity index (χ3v) is 3.90. The summed E-state index contributed by atoms with van der Waals surface area (Å²) in [6.45, 7) is 0. The second kappa shape index (κ2) is 5.63. The number of carbonyl (C=O) groups excluding carboxylic acids is 1. The Morgan fingerprint density at radius 2 is 1.83 bits per heavy atom. The van der Waals surface area contributed by atoms with Crippen molar-refractivity contribution in [3.05, 3.63) is 68.9 Å². The second-order valence-electron chi connectivity index (χ2n) is 3.82. The van der Waals surface area contributed by atoms with Gasteiger partial charge >= 0.3 is 0 Å². The summed E-state index contributed by atoms with van der Waals surface area (Å²) in [4.78, 5) is 11.2. The van der Waals surface area contributed by atoms with Gasteiger partial charge in [0.2, 0.25) is 0 Å². The highest BCUT2D eigenvalue weighted by atomic mass is 79.9. The fraction of sp³-hybridized carbons (Fsp3) is 0.0714. The Hall–Kier alpha value is -1.19. The van der Waals surface area contributed by atoms with E-state index in [0.29, 0.717) is 10.0 Å². The average molecular weight is 328 g/mol. The van der Waals surface area contributed by atoms with Crippen LogP contribution in [0, 0.1) is 5.82 Å². The highest BCUT2D eigenvalue weighted by molar-refractivity contribution is 9.10. The topological polar surface area (TPSA) is 17.1 Å². The van der Waals surface area contributed by atoms with Crippen LogP contribution in [0.15, 0.2) is 46.9 Å². The van der Waals surface area contributed by atoms with E-state index in [0.717, 1.165) is 11.8 Å². The van der Waals surface area contributed by atoms with Crippen molar-refractivity contribution < 1.29 is 9.18 Å². The molecule has 0 amide bonds. The van der Waals surface area contributed by atoms with E-state index in [9.17, 15) is 9.18 Å². The number of aldehydes is 1. The maximum absolute atomic E-state index is 13.6. The number of carbonyl (C=O) groups is 1. The number of halogens is 3. The molecule has 0 saturated carbocycles. The zero-order valence-corrected chi connectivity index (χ0v) is 11.6. The van der Waals surface area contributed by atoms with Crippen molar-refractivity contribution in [1.82, 2.24) is 0 Å². The minimum Gasteiger partial charge on any atom is -0.302 e. The minimum absolute atomic E-state index is 0.0245. The first-order chi connectivity index (χ1) is 8.63. The van der Waals surface area contributed by atoms with E-state index < -0.39 is 11.7 Å². The number of hydrogen-bond donors (Lipinski definition) is 0. The van der Waals surface area contributed by atoms with Crippen molar-refractivity contribution in [1.29, 1.82) is 0 Å². The number of hydrogen-bond acceptors (Lipinski definition) is 1. The molecule has 0 bridgehead atoms. The lowest BCUT2D eigenvalue weighted by molar-refractivity contribution is -0.108. The molecule has 0 N–H and O–H groups in total. The fourth-order valence-electron chi connectivity index (χ4n) is 1.76. The van der Waals surface area contributed by atoms with E-state index in [1.807, 2.05) is 30.3 Å². The maximum atomic E-state index is 13.6. The summed E-state index contributed by atoms with van der Waals surface area (Å²) in [6, 6.07) is 12.2. The van der Waals surface area contributed by atoms with Gasteiger partial charge in [-0.1, -0.05) is 41.9 Å². The van der Waals surface area contributed by atoms with Crippen molar-refractivity contribution in [3.63, 3.8) is 0 Å². The molecule has 0 aromatic heterocycles. The zero-order chi connectivity index (χ0) is 13.1. The molecule has 92 valence electrons. The van der Waals surface area contributed by atoms with Crippen molar-refractivity contribution in [3.8, 4) is 0 Å². The monoisotopic (exact) mass is 326 g/mol. The molecule has 0 fully saturated rings. The summed E-state index contributed by atoms with van der Waals surface area (Å²) in [7, 11) is 0. The largest absolute Gasteiger partial charge is 0.302 e. The molecular formula is C14H9BrClFO. The van der Waals surface area contributed by atoms with Crippen molar-refractivity contribution in [2.24, 2.45) is 0 Å². The number of benzene rings is 2. The summed E-state index contributed by atoms with van der Waals surface area (Å²) < 4.78 is 14.0. The standard InChI is InChI=1S/C14H9BrClFO/c15-12-6-10(7-13(17)14(12)16)11(8-18)9-4-2-1-3-5-9/h1-8,11H. The van der Waals surface area contributed by atoms with Crippen LogP contribution in [0.2, 0.25) is 5.02 Å². The van der Waals surface area contributed by atoms with Gasteiger partial charge in [-0.15, -0.1) is 0 Å². The predicted octanol–water partition coefficient (Wildman–Crippen LogP) is 4.57. The molecule has 0 heterocycles. The highest BCUT2D eigenvalue weighted by Crippen LogP contribution is 2.31. The lowest BCUT2D eigenvalue weighted by Crippen LogP contribution is -2.03. The molecule has 2 aromatic carbocycles. The zero-order valence-electron chi connectivity index (χ0n) is 9.24. The molecule has 2 aromatic rings. The van der Waals surface area contributed by atoms with Gasteiger partial charge in [0.15, 0.2) is 0 Å². The van der Waals surface area contributed by atoms with Gasteiger partial charge in [0.1, 0.15) is 12.1 Å². The Labute approximate surface area is 118 Å². The van der Waals surface area contributed by atoms with Crippen LogP contribution >= 0.6 is 27.5 Å². The molecule has 4 heteroatoms. The van der Waals surface area contributed by atoms with E-state index in [4.69, 9.17) is 11.6 Å². The molecule has 18 heavy (non-hydrogen) atoms. The first-order valence-electron chi connectivity index (χ1n) is 5.28. The average Bonchev–Trinajstić information content (AvgIpc) is 2.38. The summed E-state index contributed by atoms with van der Waals surface area (Å²) in [5.74, 6) is -1.03. The lowest BCUT2D eigenvalue weighted by atomic mass is 9.93. The minimum atomic E-state index is -0.538. The molecular weight excluding hydrogens is 319 g/mol. The van der Waals surface area contributed by atoms with E-state index in [1.165, 1.54) is 6.07 Å². The van der Waals surface area contributed by atoms with Crippen LogP contribution < -0.4 is 0 Å². The normalized spacial score (nSPS) is 12.2. The van der Waals surface area contributed by atoms with Crippen LogP contribution in [0.1, 0.15) is 17.0 Å². The van der Waals surface area contributed by atoms with Gasteiger partial charge in [-0.2, -0.15) is 0 Å². The molecule has 0 aliphatic carbocycles. The van der Waals surface area contributed by atoms with E-state index in [1.54, 1.807) is 6.07 Å². The van der Waals surface area contributed by atoms with Crippen molar-refractivity contribution in [2.45, 2.75) is 5.92 Å². The van der Waals surface area contributed by atoms with Gasteiger partial charge in [0.05, 0.1) is 10.9 Å². The molecule has 1 nitrogen and oxygen atoms in total. The first kappa shape index (κ1) is 13.2. The van der Waals surface area contributed by atoms with Crippen LogP contribution in [0.3, 0.4) is 0 Å². The molecule has 0 radical (unpaired) electrons. The molecule has 2 rings (SSSR count). The SMILES string of the molecule is O=CC(c1ccccc1)c1cc(F)c(Cl)c(Br)c1. The first-order valence-corrected chi connectivity index (χ1v) is 6.45. The van der Waals surface area contributed by atoms with Gasteiger partial charge in [-0.25, -0.2) is 4.39 Å². The second-order valence-corrected chi connectivity index (χ2v) is 5.06. The Bertz CT molecular complexity index is 548. The fourth-order valence-corrected chi connectivity index (χ4v) is 2.33. The van der Waals surface area contributed by atoms with Crippen LogP contribution in [-0.4, -0.2) is 6.29 Å². The molecule has 0 spiro atoms. The van der Waals surface area contributed by atoms with Crippen LogP contribution in [0.25, 0.3) is 0 Å². The third kappa shape index (κ3) is 2.62. The molecule has 0 aliphatic rings. The van der Waals surface area contributed by atoms with Gasteiger partial charge in [-0.05, 0) is 39.2 Å². The Morgan fingerprint density at radius 3 is 2.39 bits per heavy atom. The Morgan fingerprint density at radius 1 is 1.17 bits per heavy atom. The smallest absolute Gasteiger partial charge is 0.143 e. The van der Waals surface area contributed by atoms with Crippen LogP contribution in [0.4, 0.5) is 4.39 Å².